The lowest BCUT2D eigenvalue weighted by molar-refractivity contribution is -0.138. The molecule has 2 atom stereocenters. The molecule has 0 aromatic heterocycles. The molecule has 18 heavy (non-hydrogen) atoms. The first-order valence-electron chi connectivity index (χ1n) is 6.30. The van der Waals surface area contributed by atoms with Crippen LogP contribution < -0.4 is 5.32 Å². The fraction of sp³-hybridized carbons (Fsp3) is 0.833. The summed E-state index contributed by atoms with van der Waals surface area (Å²) in [7, 11) is 1.60. The average molecular weight is 258 g/mol. The summed E-state index contributed by atoms with van der Waals surface area (Å²) in [5.74, 6) is -0.725. The molecule has 1 rings (SSSR count). The zero-order valence-corrected chi connectivity index (χ0v) is 11.0. The number of hydrogen-bond acceptors (Lipinski definition) is 3. The molecule has 0 bridgehead atoms. The summed E-state index contributed by atoms with van der Waals surface area (Å²) in [4.78, 5) is 24.2. The summed E-state index contributed by atoms with van der Waals surface area (Å²) in [5, 5.41) is 11.6. The number of likely N-dealkylation sites (tertiary alicyclic amines) is 1. The highest BCUT2D eigenvalue weighted by Gasteiger charge is 2.25. The lowest BCUT2D eigenvalue weighted by Crippen LogP contribution is -2.47. The number of aliphatic carboxylic acids is 1. The van der Waals surface area contributed by atoms with Crippen molar-refractivity contribution >= 4 is 12.0 Å². The van der Waals surface area contributed by atoms with Gasteiger partial charge in [0.05, 0.1) is 6.10 Å². The third-order valence-corrected chi connectivity index (χ3v) is 3.21. The highest BCUT2D eigenvalue weighted by Crippen LogP contribution is 2.19. The van der Waals surface area contributed by atoms with Crippen LogP contribution in [0.25, 0.3) is 0 Å². The highest BCUT2D eigenvalue weighted by atomic mass is 16.5. The van der Waals surface area contributed by atoms with Crippen LogP contribution in [-0.2, 0) is 9.53 Å². The lowest BCUT2D eigenvalue weighted by atomic mass is 9.95. The van der Waals surface area contributed by atoms with E-state index in [1.54, 1.807) is 12.0 Å². The second kappa shape index (κ2) is 7.20. The zero-order valence-electron chi connectivity index (χ0n) is 11.0. The fourth-order valence-corrected chi connectivity index (χ4v) is 2.09. The Morgan fingerprint density at radius 1 is 1.56 bits per heavy atom. The Labute approximate surface area is 107 Å². The van der Waals surface area contributed by atoms with Gasteiger partial charge in [0.1, 0.15) is 0 Å². The van der Waals surface area contributed by atoms with Crippen LogP contribution in [-0.4, -0.2) is 54.9 Å². The van der Waals surface area contributed by atoms with Crippen LogP contribution in [0.1, 0.15) is 26.2 Å². The van der Waals surface area contributed by atoms with Crippen molar-refractivity contribution in [2.45, 2.75) is 32.3 Å². The predicted octanol–water partition coefficient (Wildman–Crippen LogP) is 0.918. The number of methoxy groups -OCH3 is 1. The summed E-state index contributed by atoms with van der Waals surface area (Å²) >= 11 is 0. The second-order valence-corrected chi connectivity index (χ2v) is 4.78. The third kappa shape index (κ3) is 4.91. The van der Waals surface area contributed by atoms with Crippen LogP contribution in [0.15, 0.2) is 0 Å². The maximum Gasteiger partial charge on any atom is 0.317 e. The van der Waals surface area contributed by atoms with E-state index in [9.17, 15) is 9.59 Å². The molecular weight excluding hydrogens is 236 g/mol. The molecule has 1 fully saturated rings. The van der Waals surface area contributed by atoms with Crippen molar-refractivity contribution in [3.63, 3.8) is 0 Å². The van der Waals surface area contributed by atoms with E-state index in [1.165, 1.54) is 0 Å². The van der Waals surface area contributed by atoms with Crippen molar-refractivity contribution in [2.24, 2.45) is 5.92 Å². The van der Waals surface area contributed by atoms with E-state index in [2.05, 4.69) is 5.32 Å². The largest absolute Gasteiger partial charge is 0.481 e. The van der Waals surface area contributed by atoms with Gasteiger partial charge in [0.25, 0.3) is 0 Å². The smallest absolute Gasteiger partial charge is 0.317 e. The van der Waals surface area contributed by atoms with E-state index in [4.69, 9.17) is 9.84 Å². The minimum absolute atomic E-state index is 0.0199. The quantitative estimate of drug-likeness (QED) is 0.768. The van der Waals surface area contributed by atoms with E-state index < -0.39 is 5.97 Å². The first-order valence-corrected chi connectivity index (χ1v) is 6.30. The molecule has 1 aliphatic rings. The van der Waals surface area contributed by atoms with Crippen molar-refractivity contribution in [1.82, 2.24) is 10.2 Å². The number of carboxylic acids is 1. The number of piperidine rings is 1. The second-order valence-electron chi connectivity index (χ2n) is 4.78. The number of rotatable bonds is 5. The van der Waals surface area contributed by atoms with Crippen LogP contribution >= 0.6 is 0 Å². The Balaban J connectivity index is 2.36. The van der Waals surface area contributed by atoms with Gasteiger partial charge in [-0.05, 0) is 25.7 Å². The van der Waals surface area contributed by atoms with Gasteiger partial charge in [0.2, 0.25) is 0 Å². The molecule has 0 saturated carbocycles. The summed E-state index contributed by atoms with van der Waals surface area (Å²) in [6.07, 6.45) is 1.86. The van der Waals surface area contributed by atoms with Gasteiger partial charge in [-0.15, -0.1) is 0 Å². The SMILES string of the molecule is COC(C)CNC(=O)N1CCCC(CC(=O)O)C1. The maximum absolute atomic E-state index is 11.9. The molecule has 2 unspecified atom stereocenters. The number of hydrogen-bond donors (Lipinski definition) is 2. The normalized spacial score (nSPS) is 21.4. The molecule has 2 N–H and O–H groups in total. The van der Waals surface area contributed by atoms with Crippen LogP contribution in [0.2, 0.25) is 0 Å². The molecule has 2 amide bonds. The summed E-state index contributed by atoms with van der Waals surface area (Å²) in [6.45, 7) is 3.57. The monoisotopic (exact) mass is 258 g/mol. The average Bonchev–Trinajstić information content (AvgIpc) is 2.35. The van der Waals surface area contributed by atoms with Crippen molar-refractivity contribution in [1.29, 1.82) is 0 Å². The Morgan fingerprint density at radius 3 is 2.89 bits per heavy atom. The number of carbonyl (C=O) groups excluding carboxylic acids is 1. The van der Waals surface area contributed by atoms with Crippen molar-refractivity contribution < 1.29 is 19.4 Å². The Bertz CT molecular complexity index is 296. The first kappa shape index (κ1) is 14.8. The van der Waals surface area contributed by atoms with E-state index in [0.717, 1.165) is 12.8 Å². The van der Waals surface area contributed by atoms with Crippen LogP contribution in [0, 0.1) is 5.92 Å². The van der Waals surface area contributed by atoms with Gasteiger partial charge in [-0.25, -0.2) is 4.79 Å². The van der Waals surface area contributed by atoms with Gasteiger partial charge in [-0.2, -0.15) is 0 Å². The van der Waals surface area contributed by atoms with Gasteiger partial charge >= 0.3 is 12.0 Å². The Kier molecular flexibility index (Phi) is 5.91. The number of ether oxygens (including phenoxy) is 1. The van der Waals surface area contributed by atoms with Gasteiger partial charge in [0.15, 0.2) is 0 Å². The predicted molar refractivity (Wildman–Crippen MR) is 66.4 cm³/mol. The van der Waals surface area contributed by atoms with E-state index >= 15 is 0 Å². The summed E-state index contributed by atoms with van der Waals surface area (Å²) in [6, 6.07) is -0.131. The van der Waals surface area contributed by atoms with E-state index in [-0.39, 0.29) is 24.5 Å². The van der Waals surface area contributed by atoms with Crippen molar-refractivity contribution in [2.75, 3.05) is 26.7 Å². The number of amides is 2. The van der Waals surface area contributed by atoms with Crippen molar-refractivity contribution in [3.8, 4) is 0 Å². The molecule has 0 radical (unpaired) electrons. The molecule has 6 heteroatoms. The molecule has 6 nitrogen and oxygen atoms in total. The van der Waals surface area contributed by atoms with Gasteiger partial charge in [0, 0.05) is 33.2 Å². The minimum atomic E-state index is -0.796. The topological polar surface area (TPSA) is 78.9 Å². The van der Waals surface area contributed by atoms with Crippen molar-refractivity contribution in [3.05, 3.63) is 0 Å². The Morgan fingerprint density at radius 2 is 2.28 bits per heavy atom. The lowest BCUT2D eigenvalue weighted by Gasteiger charge is -2.32. The van der Waals surface area contributed by atoms with E-state index in [0.29, 0.717) is 19.6 Å². The highest BCUT2D eigenvalue weighted by molar-refractivity contribution is 5.74. The molecule has 104 valence electrons. The third-order valence-electron chi connectivity index (χ3n) is 3.21. The molecular formula is C12H22N2O4. The molecule has 0 spiro atoms. The number of nitrogens with zero attached hydrogens (tertiary/aromatic N) is 1. The van der Waals surface area contributed by atoms with E-state index in [1.807, 2.05) is 6.92 Å². The molecule has 1 saturated heterocycles. The molecule has 1 heterocycles. The maximum atomic E-state index is 11.9. The van der Waals surface area contributed by atoms with Gasteiger partial charge < -0.3 is 20.1 Å². The summed E-state index contributed by atoms with van der Waals surface area (Å²) < 4.78 is 5.05. The minimum Gasteiger partial charge on any atom is -0.481 e. The molecule has 0 aliphatic carbocycles. The Hall–Kier alpha value is -1.30. The first-order chi connectivity index (χ1) is 8.52. The number of carbonyl (C=O) groups is 2. The van der Waals surface area contributed by atoms with Gasteiger partial charge in [-0.1, -0.05) is 0 Å². The van der Waals surface area contributed by atoms with Crippen LogP contribution in [0.3, 0.4) is 0 Å². The number of nitrogens with one attached hydrogen (secondary N) is 1. The van der Waals surface area contributed by atoms with Crippen LogP contribution in [0.4, 0.5) is 4.79 Å². The fourth-order valence-electron chi connectivity index (χ4n) is 2.09. The number of urea groups is 1. The zero-order chi connectivity index (χ0) is 13.5. The molecule has 0 aromatic rings. The summed E-state index contributed by atoms with van der Waals surface area (Å²) in [5.41, 5.74) is 0. The standard InChI is InChI=1S/C12H22N2O4/c1-9(18-2)7-13-12(17)14-5-3-4-10(8-14)6-11(15)16/h9-10H,3-8H2,1-2H3,(H,13,17)(H,15,16). The van der Waals surface area contributed by atoms with Crippen LogP contribution in [0.5, 0.6) is 0 Å². The molecule has 1 aliphatic heterocycles. The number of carboxylic acid groups (broad SMARTS) is 1. The van der Waals surface area contributed by atoms with Gasteiger partial charge in [-0.3, -0.25) is 4.79 Å². The molecule has 0 aromatic carbocycles.